The Morgan fingerprint density at radius 1 is 1.03 bits per heavy atom. The zero-order valence-electron chi connectivity index (χ0n) is 19.0. The molecule has 0 bridgehead atoms. The van der Waals surface area contributed by atoms with Crippen LogP contribution < -0.4 is 14.9 Å². The molecule has 5 nitrogen and oxygen atoms in total. The van der Waals surface area contributed by atoms with Crippen molar-refractivity contribution in [3.05, 3.63) is 70.5 Å². The molecule has 7 heteroatoms. The Morgan fingerprint density at radius 2 is 1.70 bits per heavy atom. The zero-order chi connectivity index (χ0) is 22.2. The first-order valence-corrected chi connectivity index (χ1v) is 12.4. The summed E-state index contributed by atoms with van der Waals surface area (Å²) in [5.41, 5.74) is 1.78. The second-order valence-electron chi connectivity index (χ2n) is 8.19. The average molecular weight is 486 g/mol. The van der Waals surface area contributed by atoms with Gasteiger partial charge in [-0.1, -0.05) is 43.9 Å². The van der Waals surface area contributed by atoms with Crippen molar-refractivity contribution in [1.82, 2.24) is 4.57 Å². The van der Waals surface area contributed by atoms with E-state index < -0.39 is 0 Å². The number of aromatic nitrogens is 1. The minimum absolute atomic E-state index is 0. The molecule has 1 aromatic heterocycles. The molecule has 1 amide bonds. The second kappa shape index (κ2) is 12.6. The van der Waals surface area contributed by atoms with Crippen molar-refractivity contribution < 1.29 is 9.53 Å². The van der Waals surface area contributed by atoms with Crippen LogP contribution in [0.5, 0.6) is 11.5 Å². The standard InChI is InChI=1S/C26H31N3O2S.ClH/c1-2-29-22(19-32-26(29)28-20-10-6-3-4-7-11-20)18-25(30)27-21-14-16-24(17-15-21)31-23-12-8-5-9-13-23;/h5,8-9,12-17,19-20H,2-4,6-7,10-11,18H2,1H3,(H,27,30);1H. The molecule has 176 valence electrons. The maximum Gasteiger partial charge on any atom is 0.230 e. The molecule has 0 atom stereocenters. The van der Waals surface area contributed by atoms with Gasteiger partial charge in [0.05, 0.1) is 12.5 Å². The lowest BCUT2D eigenvalue weighted by molar-refractivity contribution is -0.115. The Balaban J connectivity index is 0.00000306. The third-order valence-electron chi connectivity index (χ3n) is 5.77. The van der Waals surface area contributed by atoms with Crippen molar-refractivity contribution in [2.24, 2.45) is 4.99 Å². The fourth-order valence-corrected chi connectivity index (χ4v) is 5.13. The summed E-state index contributed by atoms with van der Waals surface area (Å²) in [5.74, 6) is 1.50. The maximum atomic E-state index is 12.7. The SMILES string of the molecule is CCn1c(CC(=O)Nc2ccc(Oc3ccccc3)cc2)csc1=NC1CCCCCC1.Cl. The summed E-state index contributed by atoms with van der Waals surface area (Å²) in [5, 5.41) is 5.08. The third kappa shape index (κ3) is 7.21. The van der Waals surface area contributed by atoms with Gasteiger partial charge in [-0.2, -0.15) is 0 Å². The Bertz CT molecular complexity index is 1070. The first-order valence-electron chi connectivity index (χ1n) is 11.5. The quantitative estimate of drug-likeness (QED) is 0.384. The Kier molecular flexibility index (Phi) is 9.58. The molecule has 0 unspecified atom stereocenters. The highest BCUT2D eigenvalue weighted by Gasteiger charge is 2.14. The number of halogens is 1. The van der Waals surface area contributed by atoms with Crippen LogP contribution in [0.2, 0.25) is 0 Å². The van der Waals surface area contributed by atoms with E-state index in [2.05, 4.69) is 22.2 Å². The van der Waals surface area contributed by atoms with Gasteiger partial charge < -0.3 is 14.6 Å². The molecular formula is C26H32ClN3O2S. The minimum atomic E-state index is -0.0252. The minimum Gasteiger partial charge on any atom is -0.457 e. The van der Waals surface area contributed by atoms with Crippen LogP contribution in [-0.2, 0) is 17.8 Å². The van der Waals surface area contributed by atoms with Gasteiger partial charge in [0, 0.05) is 23.3 Å². The summed E-state index contributed by atoms with van der Waals surface area (Å²) >= 11 is 1.65. The summed E-state index contributed by atoms with van der Waals surface area (Å²) in [4.78, 5) is 18.8. The monoisotopic (exact) mass is 485 g/mol. The van der Waals surface area contributed by atoms with Gasteiger partial charge in [0.1, 0.15) is 11.5 Å². The molecule has 1 aliphatic rings. The Labute approximate surface area is 205 Å². The smallest absolute Gasteiger partial charge is 0.230 e. The van der Waals surface area contributed by atoms with Crippen LogP contribution in [0.3, 0.4) is 0 Å². The molecule has 1 aliphatic carbocycles. The van der Waals surface area contributed by atoms with Gasteiger partial charge in [-0.15, -0.1) is 23.7 Å². The molecule has 0 saturated heterocycles. The van der Waals surface area contributed by atoms with Crippen molar-refractivity contribution in [2.75, 3.05) is 5.32 Å². The molecule has 2 aromatic carbocycles. The number of benzene rings is 2. The molecule has 4 rings (SSSR count). The predicted molar refractivity (Wildman–Crippen MR) is 138 cm³/mol. The summed E-state index contributed by atoms with van der Waals surface area (Å²) in [6.07, 6.45) is 7.91. The van der Waals surface area contributed by atoms with E-state index in [1.807, 2.05) is 54.6 Å². The fraction of sp³-hybridized carbons (Fsp3) is 0.385. The highest BCUT2D eigenvalue weighted by atomic mass is 35.5. The van der Waals surface area contributed by atoms with Gasteiger partial charge in [0.2, 0.25) is 5.91 Å². The second-order valence-corrected chi connectivity index (χ2v) is 9.03. The molecule has 1 N–H and O–H groups in total. The lowest BCUT2D eigenvalue weighted by Gasteiger charge is -2.10. The van der Waals surface area contributed by atoms with E-state index in [0.29, 0.717) is 12.5 Å². The van der Waals surface area contributed by atoms with Crippen molar-refractivity contribution >= 4 is 35.3 Å². The fourth-order valence-electron chi connectivity index (χ4n) is 4.09. The van der Waals surface area contributed by atoms with Gasteiger partial charge in [0.25, 0.3) is 0 Å². The zero-order valence-corrected chi connectivity index (χ0v) is 20.7. The van der Waals surface area contributed by atoms with Crippen molar-refractivity contribution in [1.29, 1.82) is 0 Å². The molecule has 0 aliphatic heterocycles. The largest absolute Gasteiger partial charge is 0.457 e. The highest BCUT2D eigenvalue weighted by molar-refractivity contribution is 7.07. The van der Waals surface area contributed by atoms with Crippen molar-refractivity contribution in [3.63, 3.8) is 0 Å². The molecule has 33 heavy (non-hydrogen) atoms. The van der Waals surface area contributed by atoms with E-state index >= 15 is 0 Å². The number of nitrogens with zero attached hydrogens (tertiary/aromatic N) is 2. The first kappa shape index (κ1) is 25.1. The number of para-hydroxylation sites is 1. The maximum absolute atomic E-state index is 12.7. The predicted octanol–water partition coefficient (Wildman–Crippen LogP) is 6.59. The molecule has 0 radical (unpaired) electrons. The van der Waals surface area contributed by atoms with E-state index in [1.165, 1.54) is 38.5 Å². The first-order chi connectivity index (χ1) is 15.7. The van der Waals surface area contributed by atoms with Gasteiger partial charge >= 0.3 is 0 Å². The van der Waals surface area contributed by atoms with Gasteiger partial charge in [0.15, 0.2) is 4.80 Å². The third-order valence-corrected chi connectivity index (χ3v) is 6.70. The van der Waals surface area contributed by atoms with Crippen LogP contribution in [0.1, 0.15) is 51.1 Å². The molecule has 0 spiro atoms. The summed E-state index contributed by atoms with van der Waals surface area (Å²) < 4.78 is 8.00. The van der Waals surface area contributed by atoms with Crippen LogP contribution in [0, 0.1) is 0 Å². The van der Waals surface area contributed by atoms with Crippen LogP contribution in [0.4, 0.5) is 5.69 Å². The van der Waals surface area contributed by atoms with Gasteiger partial charge in [-0.3, -0.25) is 9.79 Å². The van der Waals surface area contributed by atoms with E-state index in [1.54, 1.807) is 11.3 Å². The van der Waals surface area contributed by atoms with E-state index in [9.17, 15) is 4.79 Å². The van der Waals surface area contributed by atoms with E-state index in [0.717, 1.165) is 34.2 Å². The van der Waals surface area contributed by atoms with Gasteiger partial charge in [-0.25, -0.2) is 0 Å². The van der Waals surface area contributed by atoms with E-state index in [-0.39, 0.29) is 18.3 Å². The lowest BCUT2D eigenvalue weighted by atomic mass is 10.1. The number of carbonyl (C=O) groups excluding carboxylic acids is 1. The summed E-state index contributed by atoms with van der Waals surface area (Å²) in [6.45, 7) is 2.94. The van der Waals surface area contributed by atoms with Crippen LogP contribution in [-0.4, -0.2) is 16.5 Å². The molecule has 1 fully saturated rings. The van der Waals surface area contributed by atoms with Crippen molar-refractivity contribution in [3.8, 4) is 11.5 Å². The average Bonchev–Trinajstić information content (AvgIpc) is 2.99. The molecule has 3 aromatic rings. The molecule has 1 saturated carbocycles. The van der Waals surface area contributed by atoms with E-state index in [4.69, 9.17) is 9.73 Å². The number of thiazole rings is 1. The highest BCUT2D eigenvalue weighted by Crippen LogP contribution is 2.23. The number of carbonyl (C=O) groups is 1. The topological polar surface area (TPSA) is 55.6 Å². The lowest BCUT2D eigenvalue weighted by Crippen LogP contribution is -2.23. The number of amides is 1. The number of hydrogen-bond donors (Lipinski definition) is 1. The number of nitrogens with one attached hydrogen (secondary N) is 1. The number of hydrogen-bond acceptors (Lipinski definition) is 4. The number of ether oxygens (including phenoxy) is 1. The molecule has 1 heterocycles. The van der Waals surface area contributed by atoms with Gasteiger partial charge in [-0.05, 0) is 56.2 Å². The van der Waals surface area contributed by atoms with Crippen LogP contribution in [0.15, 0.2) is 65.0 Å². The van der Waals surface area contributed by atoms with Crippen LogP contribution >= 0.6 is 23.7 Å². The number of rotatable bonds is 7. The molecular weight excluding hydrogens is 454 g/mol. The number of anilines is 1. The van der Waals surface area contributed by atoms with Crippen molar-refractivity contribution in [2.45, 2.75) is 64.5 Å². The summed E-state index contributed by atoms with van der Waals surface area (Å²) in [6, 6.07) is 17.5. The normalized spacial score (nSPS) is 14.9. The Hall–Kier alpha value is -2.57. The Morgan fingerprint density at radius 3 is 2.36 bits per heavy atom. The van der Waals surface area contributed by atoms with Crippen LogP contribution in [0.25, 0.3) is 0 Å². The summed E-state index contributed by atoms with van der Waals surface area (Å²) in [7, 11) is 0.